The fourth-order valence-electron chi connectivity index (χ4n) is 4.61. The van der Waals surface area contributed by atoms with Crippen molar-refractivity contribution >= 4 is 11.4 Å². The number of aromatic nitrogens is 3. The monoisotopic (exact) mass is 461 g/mol. The van der Waals surface area contributed by atoms with Crippen LogP contribution >= 0.6 is 0 Å². The molecule has 2 aromatic heterocycles. The Bertz CT molecular complexity index is 1380. The largest absolute Gasteiger partial charge is 0.497 e. The van der Waals surface area contributed by atoms with Crippen LogP contribution in [0.2, 0.25) is 0 Å². The summed E-state index contributed by atoms with van der Waals surface area (Å²) in [6.07, 6.45) is 2.67. The summed E-state index contributed by atoms with van der Waals surface area (Å²) < 4.78 is 31.4. The van der Waals surface area contributed by atoms with Crippen LogP contribution in [-0.2, 0) is 17.8 Å². The van der Waals surface area contributed by atoms with Crippen molar-refractivity contribution in [1.29, 1.82) is 0 Å². The molecule has 1 aliphatic carbocycles. The van der Waals surface area contributed by atoms with Crippen molar-refractivity contribution in [3.05, 3.63) is 77.0 Å². The van der Waals surface area contributed by atoms with Crippen molar-refractivity contribution in [1.82, 2.24) is 14.6 Å². The van der Waals surface area contributed by atoms with Gasteiger partial charge in [-0.15, -0.1) is 0 Å². The summed E-state index contributed by atoms with van der Waals surface area (Å²) in [7, 11) is 4.80. The number of hydrogen-bond donors (Lipinski definition) is 0. The fraction of sp³-hybridized carbons (Fsp3) is 0.269. The van der Waals surface area contributed by atoms with Gasteiger partial charge >= 0.3 is 0 Å². The summed E-state index contributed by atoms with van der Waals surface area (Å²) in [4.78, 5) is 18.0. The van der Waals surface area contributed by atoms with Crippen LogP contribution in [-0.4, -0.2) is 41.7 Å². The van der Waals surface area contributed by atoms with E-state index >= 15 is 0 Å². The molecule has 34 heavy (non-hydrogen) atoms. The molecule has 4 aromatic rings. The van der Waals surface area contributed by atoms with E-state index in [1.54, 1.807) is 44.2 Å². The molecule has 0 saturated heterocycles. The summed E-state index contributed by atoms with van der Waals surface area (Å²) in [6.45, 7) is 0.264. The molecule has 0 bridgehead atoms. The third-order valence-corrected chi connectivity index (χ3v) is 6.23. The number of halogens is 1. The Kier molecular flexibility index (Phi) is 5.75. The predicted molar refractivity (Wildman–Crippen MR) is 124 cm³/mol. The first-order valence-corrected chi connectivity index (χ1v) is 10.9. The van der Waals surface area contributed by atoms with Gasteiger partial charge in [-0.25, -0.2) is 13.9 Å². The maximum absolute atomic E-state index is 13.6. The second-order valence-electron chi connectivity index (χ2n) is 8.27. The second-order valence-corrected chi connectivity index (χ2v) is 8.27. The van der Waals surface area contributed by atoms with Gasteiger partial charge in [-0.1, -0.05) is 18.2 Å². The van der Waals surface area contributed by atoms with E-state index in [1.807, 2.05) is 18.2 Å². The van der Waals surface area contributed by atoms with E-state index in [2.05, 4.69) is 5.10 Å². The van der Waals surface area contributed by atoms with Crippen molar-refractivity contribution in [3.8, 4) is 22.6 Å². The first-order valence-electron chi connectivity index (χ1n) is 10.9. The lowest BCUT2D eigenvalue weighted by atomic mass is 9.81. The topological polar surface area (TPSA) is 75.0 Å². The Balaban J connectivity index is 1.62. The molecule has 8 heteroatoms. The minimum atomic E-state index is -0.319. The van der Waals surface area contributed by atoms with Gasteiger partial charge in [0, 0.05) is 31.7 Å². The molecule has 0 radical (unpaired) electrons. The number of ether oxygens (including phenoxy) is 3. The highest BCUT2D eigenvalue weighted by atomic mass is 19.1. The van der Waals surface area contributed by atoms with Gasteiger partial charge < -0.3 is 14.2 Å². The Hall–Kier alpha value is -3.78. The Morgan fingerprint density at radius 1 is 1.06 bits per heavy atom. The van der Waals surface area contributed by atoms with Crippen molar-refractivity contribution in [2.45, 2.75) is 25.4 Å². The van der Waals surface area contributed by atoms with Gasteiger partial charge in [-0.2, -0.15) is 5.10 Å². The highest BCUT2D eigenvalue weighted by Crippen LogP contribution is 2.39. The second kappa shape index (κ2) is 8.87. The maximum atomic E-state index is 13.6. The molecule has 2 heterocycles. The Morgan fingerprint density at radius 2 is 1.85 bits per heavy atom. The summed E-state index contributed by atoms with van der Waals surface area (Å²) >= 11 is 0. The molecular weight excluding hydrogens is 437 g/mol. The first kappa shape index (κ1) is 22.0. The molecule has 1 aliphatic rings. The zero-order chi connectivity index (χ0) is 23.8. The van der Waals surface area contributed by atoms with Crippen LogP contribution in [0, 0.1) is 5.82 Å². The van der Waals surface area contributed by atoms with Crippen LogP contribution in [0.25, 0.3) is 16.8 Å². The standard InChI is InChI=1S/C26H24FN3O4/c1-32-14-22-25(15-4-6-17(27)7-5-15)26-28-21-10-16(11-23(31)20(21)13-30(26)29-22)19-9-8-18(33-2)12-24(19)34-3/h4-9,12-13,16H,10-11,14H2,1-3H3. The van der Waals surface area contributed by atoms with Gasteiger partial charge in [0.05, 0.1) is 43.3 Å². The highest BCUT2D eigenvalue weighted by Gasteiger charge is 2.31. The number of benzene rings is 2. The van der Waals surface area contributed by atoms with Gasteiger partial charge in [0.1, 0.15) is 17.3 Å². The Labute approximate surface area is 196 Å². The zero-order valence-corrected chi connectivity index (χ0v) is 19.2. The predicted octanol–water partition coefficient (Wildman–Crippen LogP) is 4.61. The summed E-state index contributed by atoms with van der Waals surface area (Å²) in [5.74, 6) is 0.982. The third-order valence-electron chi connectivity index (χ3n) is 6.23. The first-order chi connectivity index (χ1) is 16.5. The van der Waals surface area contributed by atoms with Crippen LogP contribution in [0.15, 0.2) is 48.7 Å². The van der Waals surface area contributed by atoms with Crippen LogP contribution in [0.1, 0.15) is 39.6 Å². The molecule has 1 unspecified atom stereocenters. The van der Waals surface area contributed by atoms with Crippen molar-refractivity contribution in [2.24, 2.45) is 0 Å². The molecule has 1 atom stereocenters. The number of nitrogens with zero attached hydrogens (tertiary/aromatic N) is 3. The van der Waals surface area contributed by atoms with Crippen LogP contribution < -0.4 is 9.47 Å². The lowest BCUT2D eigenvalue weighted by Gasteiger charge is -2.25. The van der Waals surface area contributed by atoms with Gasteiger partial charge in [-0.3, -0.25) is 4.79 Å². The van der Waals surface area contributed by atoms with E-state index in [0.29, 0.717) is 46.9 Å². The van der Waals surface area contributed by atoms with E-state index in [9.17, 15) is 9.18 Å². The summed E-state index contributed by atoms with van der Waals surface area (Å²) in [5.41, 5.74) is 5.04. The van der Waals surface area contributed by atoms with E-state index in [1.165, 1.54) is 12.1 Å². The lowest BCUT2D eigenvalue weighted by Crippen LogP contribution is -2.21. The number of carbonyl (C=O) groups is 1. The molecule has 0 aliphatic heterocycles. The summed E-state index contributed by atoms with van der Waals surface area (Å²) in [5, 5.41) is 4.62. The molecule has 2 aromatic carbocycles. The van der Waals surface area contributed by atoms with Crippen LogP contribution in [0.4, 0.5) is 4.39 Å². The third kappa shape index (κ3) is 3.80. The number of carbonyl (C=O) groups excluding carboxylic acids is 1. The molecular formula is C26H24FN3O4. The SMILES string of the molecule is COCc1nn2cc3c(nc2c1-c1ccc(F)cc1)CC(c1ccc(OC)cc1OC)CC3=O. The number of Topliss-reactive ketones (excluding diaryl/α,β-unsaturated/α-hetero) is 1. The Morgan fingerprint density at radius 3 is 2.56 bits per heavy atom. The van der Waals surface area contributed by atoms with Gasteiger partial charge in [0.25, 0.3) is 0 Å². The quantitative estimate of drug-likeness (QED) is 0.417. The number of fused-ring (bicyclic) bond motifs is 2. The molecule has 7 nitrogen and oxygen atoms in total. The fourth-order valence-corrected chi connectivity index (χ4v) is 4.61. The minimum Gasteiger partial charge on any atom is -0.497 e. The number of methoxy groups -OCH3 is 3. The van der Waals surface area contributed by atoms with E-state index in [-0.39, 0.29) is 24.1 Å². The number of hydrogen-bond acceptors (Lipinski definition) is 6. The summed E-state index contributed by atoms with van der Waals surface area (Å²) in [6, 6.07) is 11.8. The highest BCUT2D eigenvalue weighted by molar-refractivity contribution is 5.99. The number of ketones is 1. The van der Waals surface area contributed by atoms with Gasteiger partial charge in [0.2, 0.25) is 0 Å². The number of rotatable bonds is 6. The molecule has 0 amide bonds. The van der Waals surface area contributed by atoms with Crippen LogP contribution in [0.3, 0.4) is 0 Å². The van der Waals surface area contributed by atoms with Crippen LogP contribution in [0.5, 0.6) is 11.5 Å². The van der Waals surface area contributed by atoms with Gasteiger partial charge in [-0.05, 0) is 35.7 Å². The van der Waals surface area contributed by atoms with E-state index in [4.69, 9.17) is 19.2 Å². The van der Waals surface area contributed by atoms with Crippen molar-refractivity contribution in [3.63, 3.8) is 0 Å². The molecule has 0 saturated carbocycles. The smallest absolute Gasteiger partial charge is 0.166 e. The van der Waals surface area contributed by atoms with E-state index in [0.717, 1.165) is 16.7 Å². The maximum Gasteiger partial charge on any atom is 0.166 e. The zero-order valence-electron chi connectivity index (χ0n) is 19.2. The minimum absolute atomic E-state index is 0.00523. The lowest BCUT2D eigenvalue weighted by molar-refractivity contribution is 0.0962. The molecule has 174 valence electrons. The van der Waals surface area contributed by atoms with Crippen molar-refractivity contribution < 1.29 is 23.4 Å². The van der Waals surface area contributed by atoms with Crippen molar-refractivity contribution in [2.75, 3.05) is 21.3 Å². The van der Waals surface area contributed by atoms with Gasteiger partial charge in [0.15, 0.2) is 11.4 Å². The molecule has 5 rings (SSSR count). The molecule has 0 spiro atoms. The average molecular weight is 461 g/mol. The molecule has 0 N–H and O–H groups in total. The average Bonchev–Trinajstić information content (AvgIpc) is 3.20. The molecule has 0 fully saturated rings. The van der Waals surface area contributed by atoms with E-state index < -0.39 is 0 Å². The normalized spacial score (nSPS) is 15.4.